The Labute approximate surface area is 152 Å². The number of hydrogen-bond donors (Lipinski definition) is 0. The van der Waals surface area contributed by atoms with Gasteiger partial charge in [0.1, 0.15) is 0 Å². The first-order chi connectivity index (χ1) is 12.0. The molecule has 5 nitrogen and oxygen atoms in total. The van der Waals surface area contributed by atoms with Gasteiger partial charge in [-0.2, -0.15) is 0 Å². The normalized spacial score (nSPS) is 22.5. The van der Waals surface area contributed by atoms with Gasteiger partial charge < -0.3 is 19.6 Å². The molecule has 0 N–H and O–H groups in total. The Kier molecular flexibility index (Phi) is 5.97. The second-order valence-corrected chi connectivity index (χ2v) is 7.76. The van der Waals surface area contributed by atoms with Crippen molar-refractivity contribution in [3.8, 4) is 0 Å². The number of benzene rings is 1. The van der Waals surface area contributed by atoms with E-state index in [1.165, 1.54) is 17.5 Å². The van der Waals surface area contributed by atoms with Gasteiger partial charge in [0, 0.05) is 39.3 Å². The van der Waals surface area contributed by atoms with Crippen LogP contribution in [0.5, 0.6) is 0 Å². The van der Waals surface area contributed by atoms with Gasteiger partial charge in [0.25, 0.3) is 0 Å². The van der Waals surface area contributed by atoms with Crippen LogP contribution in [-0.4, -0.2) is 79.5 Å². The van der Waals surface area contributed by atoms with Crippen molar-refractivity contribution < 1.29 is 4.79 Å². The zero-order valence-corrected chi connectivity index (χ0v) is 15.9. The third-order valence-electron chi connectivity index (χ3n) is 5.39. The minimum Gasteiger partial charge on any atom is -0.322 e. The van der Waals surface area contributed by atoms with Crippen LogP contribution in [0.25, 0.3) is 0 Å². The number of likely N-dealkylation sites (tertiary alicyclic amines) is 1. The molecule has 5 heteroatoms. The van der Waals surface area contributed by atoms with E-state index in [2.05, 4.69) is 60.1 Å². The number of piperidine rings is 1. The fourth-order valence-electron chi connectivity index (χ4n) is 3.90. The van der Waals surface area contributed by atoms with E-state index in [-0.39, 0.29) is 12.1 Å². The van der Waals surface area contributed by atoms with Crippen LogP contribution in [-0.2, 0) is 6.54 Å². The molecule has 2 saturated heterocycles. The van der Waals surface area contributed by atoms with E-state index in [0.29, 0.717) is 0 Å². The maximum absolute atomic E-state index is 13.1. The summed E-state index contributed by atoms with van der Waals surface area (Å²) in [5, 5.41) is 0. The molecule has 2 fully saturated rings. The lowest BCUT2D eigenvalue weighted by atomic mass is 9.94. The molecule has 2 heterocycles. The summed E-state index contributed by atoms with van der Waals surface area (Å²) in [5.41, 5.74) is 2.60. The van der Waals surface area contributed by atoms with Crippen molar-refractivity contribution in [2.24, 2.45) is 0 Å². The monoisotopic (exact) mass is 344 g/mol. The summed E-state index contributed by atoms with van der Waals surface area (Å²) in [6, 6.07) is 9.33. The second kappa shape index (κ2) is 8.19. The molecule has 3 rings (SSSR count). The van der Waals surface area contributed by atoms with Gasteiger partial charge in [-0.05, 0) is 51.5 Å². The van der Waals surface area contributed by atoms with E-state index in [1.54, 1.807) is 0 Å². The summed E-state index contributed by atoms with van der Waals surface area (Å²) in [4.78, 5) is 21.7. The van der Waals surface area contributed by atoms with Crippen molar-refractivity contribution in [1.29, 1.82) is 0 Å². The lowest BCUT2D eigenvalue weighted by Crippen LogP contribution is -2.53. The highest BCUT2D eigenvalue weighted by molar-refractivity contribution is 5.75. The SMILES string of the molecule is CN(C)Cc1ccc([C@@H]2CCCCN2C(=O)N2CCN(C)CC2)cc1. The maximum atomic E-state index is 13.1. The molecule has 138 valence electrons. The third-order valence-corrected chi connectivity index (χ3v) is 5.39. The molecule has 0 aromatic heterocycles. The van der Waals surface area contributed by atoms with Crippen LogP contribution >= 0.6 is 0 Å². The molecular weight excluding hydrogens is 312 g/mol. The molecule has 2 aliphatic heterocycles. The molecule has 0 saturated carbocycles. The number of nitrogens with zero attached hydrogens (tertiary/aromatic N) is 4. The minimum absolute atomic E-state index is 0.231. The van der Waals surface area contributed by atoms with E-state index in [9.17, 15) is 4.79 Å². The lowest BCUT2D eigenvalue weighted by Gasteiger charge is -2.41. The zero-order chi connectivity index (χ0) is 17.8. The van der Waals surface area contributed by atoms with Gasteiger partial charge in [0.05, 0.1) is 6.04 Å². The van der Waals surface area contributed by atoms with Gasteiger partial charge in [-0.1, -0.05) is 24.3 Å². The lowest BCUT2D eigenvalue weighted by molar-refractivity contribution is 0.0950. The van der Waals surface area contributed by atoms with Crippen molar-refractivity contribution in [1.82, 2.24) is 19.6 Å². The Morgan fingerprint density at radius 1 is 1.04 bits per heavy atom. The van der Waals surface area contributed by atoms with Crippen LogP contribution in [0.2, 0.25) is 0 Å². The van der Waals surface area contributed by atoms with Crippen LogP contribution in [0.4, 0.5) is 4.79 Å². The van der Waals surface area contributed by atoms with Crippen LogP contribution in [0.3, 0.4) is 0 Å². The number of piperazine rings is 1. The molecule has 0 aliphatic carbocycles. The Morgan fingerprint density at radius 2 is 1.72 bits per heavy atom. The summed E-state index contributed by atoms with van der Waals surface area (Å²) in [5.74, 6) is 0. The molecule has 2 aliphatic rings. The van der Waals surface area contributed by atoms with E-state index >= 15 is 0 Å². The van der Waals surface area contributed by atoms with Gasteiger partial charge in [0.2, 0.25) is 0 Å². The molecule has 1 aromatic rings. The van der Waals surface area contributed by atoms with Crippen molar-refractivity contribution in [2.75, 3.05) is 53.9 Å². The van der Waals surface area contributed by atoms with Crippen molar-refractivity contribution in [3.63, 3.8) is 0 Å². The highest BCUT2D eigenvalue weighted by atomic mass is 16.2. The van der Waals surface area contributed by atoms with Crippen LogP contribution in [0.1, 0.15) is 36.4 Å². The van der Waals surface area contributed by atoms with E-state index in [1.807, 2.05) is 4.90 Å². The van der Waals surface area contributed by atoms with Crippen LogP contribution < -0.4 is 0 Å². The molecule has 25 heavy (non-hydrogen) atoms. The number of amides is 2. The summed E-state index contributed by atoms with van der Waals surface area (Å²) in [6.07, 6.45) is 3.40. The summed E-state index contributed by atoms with van der Waals surface area (Å²) < 4.78 is 0. The van der Waals surface area contributed by atoms with Crippen LogP contribution in [0, 0.1) is 0 Å². The highest BCUT2D eigenvalue weighted by Gasteiger charge is 2.31. The number of urea groups is 1. The first kappa shape index (κ1) is 18.2. The molecule has 0 unspecified atom stereocenters. The quantitative estimate of drug-likeness (QED) is 0.844. The van der Waals surface area contributed by atoms with Crippen molar-refractivity contribution in [2.45, 2.75) is 31.8 Å². The Hall–Kier alpha value is -1.59. The van der Waals surface area contributed by atoms with E-state index < -0.39 is 0 Å². The molecule has 0 radical (unpaired) electrons. The summed E-state index contributed by atoms with van der Waals surface area (Å²) >= 11 is 0. The molecule has 1 aromatic carbocycles. The molecule has 1 atom stereocenters. The zero-order valence-electron chi connectivity index (χ0n) is 15.9. The number of hydrogen-bond acceptors (Lipinski definition) is 3. The van der Waals surface area contributed by atoms with Gasteiger partial charge in [-0.3, -0.25) is 0 Å². The van der Waals surface area contributed by atoms with Crippen molar-refractivity contribution >= 4 is 6.03 Å². The first-order valence-electron chi connectivity index (χ1n) is 9.52. The van der Waals surface area contributed by atoms with Crippen molar-refractivity contribution in [3.05, 3.63) is 35.4 Å². The predicted octanol–water partition coefficient (Wildman–Crippen LogP) is 2.64. The molecule has 0 bridgehead atoms. The highest BCUT2D eigenvalue weighted by Crippen LogP contribution is 2.32. The predicted molar refractivity (Wildman–Crippen MR) is 102 cm³/mol. The van der Waals surface area contributed by atoms with Gasteiger partial charge >= 0.3 is 6.03 Å². The van der Waals surface area contributed by atoms with Gasteiger partial charge in [-0.25, -0.2) is 4.79 Å². The fourth-order valence-corrected chi connectivity index (χ4v) is 3.90. The summed E-state index contributed by atoms with van der Waals surface area (Å²) in [7, 11) is 6.30. The van der Waals surface area contributed by atoms with Gasteiger partial charge in [0.15, 0.2) is 0 Å². The number of likely N-dealkylation sites (N-methyl/N-ethyl adjacent to an activating group) is 1. The Morgan fingerprint density at radius 3 is 2.36 bits per heavy atom. The summed E-state index contributed by atoms with van der Waals surface area (Å²) in [6.45, 7) is 5.48. The third kappa shape index (κ3) is 4.53. The smallest absolute Gasteiger partial charge is 0.320 e. The Bertz CT molecular complexity index is 564. The Balaban J connectivity index is 1.71. The number of carbonyl (C=O) groups is 1. The van der Waals surface area contributed by atoms with E-state index in [4.69, 9.17) is 0 Å². The molecule has 0 spiro atoms. The van der Waals surface area contributed by atoms with Gasteiger partial charge in [-0.15, -0.1) is 0 Å². The standard InChI is InChI=1S/C20H32N4O/c1-21(2)16-17-7-9-18(10-8-17)19-6-4-5-11-24(19)20(25)23-14-12-22(3)13-15-23/h7-10,19H,4-6,11-16H2,1-3H3/t19-/m0/s1. The van der Waals surface area contributed by atoms with Crippen LogP contribution in [0.15, 0.2) is 24.3 Å². The first-order valence-corrected chi connectivity index (χ1v) is 9.52. The average Bonchev–Trinajstić information content (AvgIpc) is 2.62. The largest absolute Gasteiger partial charge is 0.322 e. The average molecular weight is 345 g/mol. The van der Waals surface area contributed by atoms with E-state index in [0.717, 1.165) is 52.1 Å². The maximum Gasteiger partial charge on any atom is 0.320 e. The molecule has 2 amide bonds. The second-order valence-electron chi connectivity index (χ2n) is 7.76. The minimum atomic E-state index is 0.231. The molecular formula is C20H32N4O. The fraction of sp³-hybridized carbons (Fsp3) is 0.650. The number of rotatable bonds is 3. The topological polar surface area (TPSA) is 30.0 Å². The number of carbonyl (C=O) groups excluding carboxylic acids is 1.